The summed E-state index contributed by atoms with van der Waals surface area (Å²) in [5.41, 5.74) is 1.04. The van der Waals surface area contributed by atoms with Gasteiger partial charge in [-0.25, -0.2) is 0 Å². The van der Waals surface area contributed by atoms with E-state index < -0.39 is 0 Å². The zero-order valence-corrected chi connectivity index (χ0v) is 7.02. The van der Waals surface area contributed by atoms with Crippen molar-refractivity contribution in [1.29, 1.82) is 0 Å². The molecule has 0 amide bonds. The number of benzene rings is 1. The first kappa shape index (κ1) is 6.85. The summed E-state index contributed by atoms with van der Waals surface area (Å²) in [5.74, 6) is 1.65. The molecule has 2 nitrogen and oxygen atoms in total. The number of rotatable bonds is 0. The lowest BCUT2D eigenvalue weighted by Crippen LogP contribution is -1.93. The van der Waals surface area contributed by atoms with Crippen LogP contribution in [0.25, 0.3) is 0 Å². The molecule has 0 bridgehead atoms. The summed E-state index contributed by atoms with van der Waals surface area (Å²) in [5, 5.41) is 0. The second-order valence-corrected chi connectivity index (χ2v) is 2.93. The fourth-order valence-corrected chi connectivity index (χ4v) is 1.28. The molecule has 58 valence electrons. The number of fused-ring (bicyclic) bond motifs is 1. The van der Waals surface area contributed by atoms with Crippen LogP contribution in [0.3, 0.4) is 0 Å². The molecule has 0 saturated heterocycles. The number of hydrogen-bond acceptors (Lipinski definition) is 3. The Morgan fingerprint density at radius 2 is 2.18 bits per heavy atom. The summed E-state index contributed by atoms with van der Waals surface area (Å²) in [6.07, 6.45) is 0. The minimum absolute atomic E-state index is 0.327. The van der Waals surface area contributed by atoms with Crippen LogP contribution in [-0.4, -0.2) is 6.79 Å². The summed E-state index contributed by atoms with van der Waals surface area (Å²) < 4.78 is 10.4. The SMILES string of the molecule is Cc1c(S)ccc2c1OCO2. The van der Waals surface area contributed by atoms with Crippen molar-refractivity contribution < 1.29 is 9.47 Å². The van der Waals surface area contributed by atoms with Gasteiger partial charge in [-0.15, -0.1) is 12.6 Å². The van der Waals surface area contributed by atoms with E-state index in [4.69, 9.17) is 9.47 Å². The first-order valence-corrected chi connectivity index (χ1v) is 3.82. The fourth-order valence-electron chi connectivity index (χ4n) is 1.10. The second-order valence-electron chi connectivity index (χ2n) is 2.44. The lowest BCUT2D eigenvalue weighted by atomic mass is 10.2. The Balaban J connectivity index is 2.62. The van der Waals surface area contributed by atoms with E-state index in [1.54, 1.807) is 0 Å². The Morgan fingerprint density at radius 3 is 3.00 bits per heavy atom. The Bertz CT molecular complexity index is 296. The molecule has 0 saturated carbocycles. The van der Waals surface area contributed by atoms with Gasteiger partial charge < -0.3 is 9.47 Å². The van der Waals surface area contributed by atoms with Crippen LogP contribution < -0.4 is 9.47 Å². The van der Waals surface area contributed by atoms with Gasteiger partial charge in [0.25, 0.3) is 0 Å². The van der Waals surface area contributed by atoms with Gasteiger partial charge in [0.2, 0.25) is 6.79 Å². The van der Waals surface area contributed by atoms with Crippen LogP contribution in [-0.2, 0) is 0 Å². The van der Waals surface area contributed by atoms with Gasteiger partial charge in [-0.3, -0.25) is 0 Å². The minimum Gasteiger partial charge on any atom is -0.454 e. The lowest BCUT2D eigenvalue weighted by Gasteiger charge is -2.01. The maximum atomic E-state index is 5.24. The average molecular weight is 168 g/mol. The monoisotopic (exact) mass is 168 g/mol. The molecule has 2 rings (SSSR count). The molecule has 1 aliphatic heterocycles. The van der Waals surface area contributed by atoms with Gasteiger partial charge in [0.1, 0.15) is 0 Å². The van der Waals surface area contributed by atoms with E-state index in [1.165, 1.54) is 0 Å². The highest BCUT2D eigenvalue weighted by Crippen LogP contribution is 2.37. The molecule has 0 spiro atoms. The Morgan fingerprint density at radius 1 is 1.36 bits per heavy atom. The van der Waals surface area contributed by atoms with Crippen LogP contribution in [0.5, 0.6) is 11.5 Å². The topological polar surface area (TPSA) is 18.5 Å². The highest BCUT2D eigenvalue weighted by Gasteiger charge is 2.16. The highest BCUT2D eigenvalue weighted by atomic mass is 32.1. The second kappa shape index (κ2) is 2.34. The fraction of sp³-hybridized carbons (Fsp3) is 0.250. The van der Waals surface area contributed by atoms with Crippen LogP contribution in [0.4, 0.5) is 0 Å². The third-order valence-electron chi connectivity index (χ3n) is 1.76. The third kappa shape index (κ3) is 0.959. The molecule has 3 heteroatoms. The number of hydrogen-bond donors (Lipinski definition) is 1. The number of ether oxygens (including phenoxy) is 2. The Kier molecular flexibility index (Phi) is 1.46. The van der Waals surface area contributed by atoms with E-state index in [1.807, 2.05) is 19.1 Å². The predicted molar refractivity (Wildman–Crippen MR) is 44.6 cm³/mol. The van der Waals surface area contributed by atoms with Crippen LogP contribution in [0.1, 0.15) is 5.56 Å². The van der Waals surface area contributed by atoms with Crippen molar-refractivity contribution in [2.75, 3.05) is 6.79 Å². The smallest absolute Gasteiger partial charge is 0.231 e. The molecule has 0 aliphatic carbocycles. The van der Waals surface area contributed by atoms with E-state index >= 15 is 0 Å². The Hall–Kier alpha value is -0.830. The summed E-state index contributed by atoms with van der Waals surface area (Å²) in [7, 11) is 0. The van der Waals surface area contributed by atoms with E-state index in [0.717, 1.165) is 22.0 Å². The van der Waals surface area contributed by atoms with Gasteiger partial charge in [-0.2, -0.15) is 0 Å². The van der Waals surface area contributed by atoms with Crippen molar-refractivity contribution in [2.24, 2.45) is 0 Å². The van der Waals surface area contributed by atoms with E-state index in [0.29, 0.717) is 6.79 Å². The molecular formula is C8H8O2S. The molecule has 0 N–H and O–H groups in total. The van der Waals surface area contributed by atoms with E-state index in [9.17, 15) is 0 Å². The van der Waals surface area contributed by atoms with Gasteiger partial charge in [0, 0.05) is 10.5 Å². The maximum Gasteiger partial charge on any atom is 0.231 e. The molecule has 0 atom stereocenters. The summed E-state index contributed by atoms with van der Waals surface area (Å²) in [4.78, 5) is 0.939. The molecule has 1 heterocycles. The van der Waals surface area contributed by atoms with Gasteiger partial charge >= 0.3 is 0 Å². The standard InChI is InChI=1S/C8H8O2S/c1-5-7(11)3-2-6-8(5)10-4-9-6/h2-3,11H,4H2,1H3. The zero-order valence-electron chi connectivity index (χ0n) is 6.13. The van der Waals surface area contributed by atoms with Crippen LogP contribution in [0, 0.1) is 6.92 Å². The molecular weight excluding hydrogens is 160 g/mol. The summed E-state index contributed by atoms with van der Waals surface area (Å²) in [6.45, 7) is 2.29. The lowest BCUT2D eigenvalue weighted by molar-refractivity contribution is 0.173. The van der Waals surface area contributed by atoms with Gasteiger partial charge in [0.15, 0.2) is 11.5 Å². The molecule has 1 aromatic carbocycles. The normalized spacial score (nSPS) is 13.6. The van der Waals surface area contributed by atoms with Crippen LogP contribution in [0.15, 0.2) is 17.0 Å². The maximum absolute atomic E-state index is 5.24. The van der Waals surface area contributed by atoms with Crippen molar-refractivity contribution in [2.45, 2.75) is 11.8 Å². The van der Waals surface area contributed by atoms with Gasteiger partial charge in [0.05, 0.1) is 0 Å². The molecule has 1 aromatic rings. The molecule has 1 aliphatic rings. The largest absolute Gasteiger partial charge is 0.454 e. The highest BCUT2D eigenvalue weighted by molar-refractivity contribution is 7.80. The van der Waals surface area contributed by atoms with Crippen LogP contribution >= 0.6 is 12.6 Å². The molecule has 0 unspecified atom stereocenters. The van der Waals surface area contributed by atoms with Crippen molar-refractivity contribution in [3.05, 3.63) is 17.7 Å². The molecule has 0 fully saturated rings. The van der Waals surface area contributed by atoms with E-state index in [2.05, 4.69) is 12.6 Å². The first-order chi connectivity index (χ1) is 5.29. The van der Waals surface area contributed by atoms with E-state index in [-0.39, 0.29) is 0 Å². The minimum atomic E-state index is 0.327. The van der Waals surface area contributed by atoms with Crippen molar-refractivity contribution in [1.82, 2.24) is 0 Å². The third-order valence-corrected chi connectivity index (χ3v) is 2.24. The summed E-state index contributed by atoms with van der Waals surface area (Å²) in [6, 6.07) is 3.78. The quantitative estimate of drug-likeness (QED) is 0.597. The summed E-state index contributed by atoms with van der Waals surface area (Å²) >= 11 is 4.26. The number of thiol groups is 1. The molecule has 11 heavy (non-hydrogen) atoms. The van der Waals surface area contributed by atoms with Crippen LogP contribution in [0.2, 0.25) is 0 Å². The average Bonchev–Trinajstić information content (AvgIpc) is 2.45. The van der Waals surface area contributed by atoms with Gasteiger partial charge in [-0.1, -0.05) is 0 Å². The Labute approximate surface area is 70.5 Å². The van der Waals surface area contributed by atoms with Crippen molar-refractivity contribution in [3.63, 3.8) is 0 Å². The zero-order chi connectivity index (χ0) is 7.84. The first-order valence-electron chi connectivity index (χ1n) is 3.37. The van der Waals surface area contributed by atoms with Crippen molar-refractivity contribution >= 4 is 12.6 Å². The predicted octanol–water partition coefficient (Wildman–Crippen LogP) is 2.01. The van der Waals surface area contributed by atoms with Gasteiger partial charge in [-0.05, 0) is 19.1 Å². The molecule has 0 aromatic heterocycles. The van der Waals surface area contributed by atoms with Crippen molar-refractivity contribution in [3.8, 4) is 11.5 Å². The molecule has 0 radical (unpaired) electrons.